The number of nitriles is 1. The largest absolute Gasteiger partial charge is 0.457 e. The monoisotopic (exact) mass is 540 g/mol. The SMILES string of the molecule is N#Cc1cccc(COC(=O)C2=C(CCc3ccccc3Cl)NC(=O)NC2c2ccc3c(c2)NC(=O)CC3)c1. The molecule has 0 aromatic heterocycles. The van der Waals surface area contributed by atoms with Crippen LogP contribution in [0.3, 0.4) is 0 Å². The van der Waals surface area contributed by atoms with Crippen LogP contribution in [0.25, 0.3) is 0 Å². The summed E-state index contributed by atoms with van der Waals surface area (Å²) in [5.41, 5.74) is 5.00. The van der Waals surface area contributed by atoms with E-state index in [1.54, 1.807) is 36.4 Å². The lowest BCUT2D eigenvalue weighted by Crippen LogP contribution is -2.46. The molecular weight excluding hydrogens is 516 g/mol. The fourth-order valence-corrected chi connectivity index (χ4v) is 5.02. The summed E-state index contributed by atoms with van der Waals surface area (Å²) in [4.78, 5) is 38.4. The molecule has 3 aromatic rings. The van der Waals surface area contributed by atoms with Crippen LogP contribution in [-0.2, 0) is 33.8 Å². The number of fused-ring (bicyclic) bond motifs is 1. The van der Waals surface area contributed by atoms with Crippen LogP contribution in [0.15, 0.2) is 78.0 Å². The minimum Gasteiger partial charge on any atom is -0.457 e. The third kappa shape index (κ3) is 5.95. The minimum absolute atomic E-state index is 0.0451. The first kappa shape index (κ1) is 26.0. The molecular formula is C30H25ClN4O4. The van der Waals surface area contributed by atoms with Crippen molar-refractivity contribution in [3.63, 3.8) is 0 Å². The number of nitrogens with one attached hydrogen (secondary N) is 3. The maximum absolute atomic E-state index is 13.6. The van der Waals surface area contributed by atoms with E-state index in [4.69, 9.17) is 16.3 Å². The first-order valence-electron chi connectivity index (χ1n) is 12.5. The highest BCUT2D eigenvalue weighted by molar-refractivity contribution is 6.31. The van der Waals surface area contributed by atoms with Crippen molar-refractivity contribution in [2.24, 2.45) is 0 Å². The second kappa shape index (κ2) is 11.4. The molecule has 0 aliphatic carbocycles. The van der Waals surface area contributed by atoms with E-state index in [0.717, 1.165) is 11.1 Å². The van der Waals surface area contributed by atoms with Gasteiger partial charge in [0.05, 0.1) is 23.2 Å². The van der Waals surface area contributed by atoms with Crippen LogP contribution in [0.5, 0.6) is 0 Å². The number of nitrogens with zero attached hydrogens (tertiary/aromatic N) is 1. The predicted octanol–water partition coefficient (Wildman–Crippen LogP) is 5.08. The Hall–Kier alpha value is -4.61. The number of hydrogen-bond acceptors (Lipinski definition) is 5. The van der Waals surface area contributed by atoms with Crippen LogP contribution >= 0.6 is 11.6 Å². The van der Waals surface area contributed by atoms with Gasteiger partial charge in [0.1, 0.15) is 6.61 Å². The van der Waals surface area contributed by atoms with Crippen LogP contribution in [0, 0.1) is 11.3 Å². The normalized spacial score (nSPS) is 16.4. The van der Waals surface area contributed by atoms with Gasteiger partial charge in [0.2, 0.25) is 5.91 Å². The Balaban J connectivity index is 1.49. The lowest BCUT2D eigenvalue weighted by Gasteiger charge is -2.30. The Labute approximate surface area is 230 Å². The molecule has 3 N–H and O–H groups in total. The molecule has 0 saturated heterocycles. The van der Waals surface area contributed by atoms with Gasteiger partial charge in [-0.25, -0.2) is 9.59 Å². The molecule has 0 fully saturated rings. The van der Waals surface area contributed by atoms with E-state index in [1.165, 1.54) is 0 Å². The Morgan fingerprint density at radius 1 is 1.00 bits per heavy atom. The molecule has 8 nitrogen and oxygen atoms in total. The molecule has 9 heteroatoms. The molecule has 2 aliphatic rings. The quantitative estimate of drug-likeness (QED) is 0.361. The summed E-state index contributed by atoms with van der Waals surface area (Å²) in [6.07, 6.45) is 1.86. The Bertz CT molecular complexity index is 1540. The van der Waals surface area contributed by atoms with Crippen molar-refractivity contribution in [2.75, 3.05) is 5.32 Å². The van der Waals surface area contributed by atoms with E-state index in [2.05, 4.69) is 22.0 Å². The second-order valence-electron chi connectivity index (χ2n) is 9.37. The van der Waals surface area contributed by atoms with Crippen molar-refractivity contribution < 1.29 is 19.1 Å². The molecule has 0 spiro atoms. The number of allylic oxidation sites excluding steroid dienone is 1. The lowest BCUT2D eigenvalue weighted by molar-refractivity contribution is -0.140. The van der Waals surface area contributed by atoms with Gasteiger partial charge in [-0.3, -0.25) is 4.79 Å². The maximum Gasteiger partial charge on any atom is 0.338 e. The highest BCUT2D eigenvalue weighted by Crippen LogP contribution is 2.34. The van der Waals surface area contributed by atoms with Gasteiger partial charge in [0, 0.05) is 22.8 Å². The number of anilines is 1. The number of urea groups is 1. The topological polar surface area (TPSA) is 120 Å². The number of amides is 3. The number of aryl methyl sites for hydroxylation is 2. The summed E-state index contributed by atoms with van der Waals surface area (Å²) in [6.45, 7) is -0.0451. The van der Waals surface area contributed by atoms with E-state index >= 15 is 0 Å². The average Bonchev–Trinajstić information content (AvgIpc) is 2.94. The first-order valence-corrected chi connectivity index (χ1v) is 12.9. The molecule has 5 rings (SSSR count). The van der Waals surface area contributed by atoms with Gasteiger partial charge in [-0.15, -0.1) is 0 Å². The van der Waals surface area contributed by atoms with Crippen molar-refractivity contribution in [3.8, 4) is 6.07 Å². The van der Waals surface area contributed by atoms with Crippen molar-refractivity contribution in [1.29, 1.82) is 5.26 Å². The third-order valence-corrected chi connectivity index (χ3v) is 7.13. The Morgan fingerprint density at radius 3 is 2.67 bits per heavy atom. The fraction of sp³-hybridized carbons (Fsp3) is 0.200. The highest BCUT2D eigenvalue weighted by Gasteiger charge is 2.34. The number of carbonyl (C=O) groups is 3. The molecule has 0 radical (unpaired) electrons. The lowest BCUT2D eigenvalue weighted by atomic mass is 9.91. The molecule has 2 heterocycles. The zero-order valence-corrected chi connectivity index (χ0v) is 21.7. The van der Waals surface area contributed by atoms with E-state index in [1.807, 2.05) is 30.3 Å². The molecule has 0 bridgehead atoms. The molecule has 1 atom stereocenters. The number of hydrogen-bond donors (Lipinski definition) is 3. The van der Waals surface area contributed by atoms with E-state index in [9.17, 15) is 19.6 Å². The van der Waals surface area contributed by atoms with Gasteiger partial charge in [-0.2, -0.15) is 5.26 Å². The van der Waals surface area contributed by atoms with Gasteiger partial charge in [-0.05, 0) is 65.8 Å². The average molecular weight is 541 g/mol. The van der Waals surface area contributed by atoms with Crippen LogP contribution in [-0.4, -0.2) is 17.9 Å². The number of carbonyl (C=O) groups excluding carboxylic acids is 3. The van der Waals surface area contributed by atoms with Crippen LogP contribution in [0.2, 0.25) is 5.02 Å². The summed E-state index contributed by atoms with van der Waals surface area (Å²) in [7, 11) is 0. The maximum atomic E-state index is 13.6. The summed E-state index contributed by atoms with van der Waals surface area (Å²) in [6, 6.07) is 20.6. The molecule has 2 aliphatic heterocycles. The fourth-order valence-electron chi connectivity index (χ4n) is 4.79. The number of benzene rings is 3. The van der Waals surface area contributed by atoms with Crippen molar-refractivity contribution in [2.45, 2.75) is 38.3 Å². The smallest absolute Gasteiger partial charge is 0.338 e. The van der Waals surface area contributed by atoms with Crippen LogP contribution < -0.4 is 16.0 Å². The van der Waals surface area contributed by atoms with Crippen LogP contribution in [0.1, 0.15) is 46.7 Å². The molecule has 3 aromatic carbocycles. The van der Waals surface area contributed by atoms with E-state index in [0.29, 0.717) is 58.8 Å². The molecule has 1 unspecified atom stereocenters. The third-order valence-electron chi connectivity index (χ3n) is 6.76. The van der Waals surface area contributed by atoms with Gasteiger partial charge in [0.15, 0.2) is 0 Å². The zero-order valence-electron chi connectivity index (χ0n) is 20.9. The van der Waals surface area contributed by atoms with Gasteiger partial charge in [-0.1, -0.05) is 54.1 Å². The van der Waals surface area contributed by atoms with E-state index in [-0.39, 0.29) is 18.1 Å². The number of halogens is 1. The van der Waals surface area contributed by atoms with E-state index < -0.39 is 18.0 Å². The Kier molecular flexibility index (Phi) is 7.62. The highest BCUT2D eigenvalue weighted by atomic mass is 35.5. The summed E-state index contributed by atoms with van der Waals surface area (Å²) in [5.74, 6) is -0.685. The van der Waals surface area contributed by atoms with Crippen LogP contribution in [0.4, 0.5) is 10.5 Å². The Morgan fingerprint density at radius 2 is 1.85 bits per heavy atom. The summed E-state index contributed by atoms with van der Waals surface area (Å²) in [5, 5.41) is 18.3. The van der Waals surface area contributed by atoms with Gasteiger partial charge < -0.3 is 20.7 Å². The predicted molar refractivity (Wildman–Crippen MR) is 146 cm³/mol. The first-order chi connectivity index (χ1) is 18.9. The standard InChI is InChI=1S/C30H25ClN4O4/c31-23-7-2-1-6-20(23)10-12-24-27(29(37)39-17-19-5-3-4-18(14-19)16-32)28(35-30(38)34-24)22-9-8-21-11-13-26(36)33-25(21)15-22/h1-9,14-15,28H,10-13,17H2,(H,33,36)(H2,34,35,38). The second-order valence-corrected chi connectivity index (χ2v) is 9.78. The number of esters is 1. The molecule has 3 amide bonds. The number of rotatable bonds is 7. The minimum atomic E-state index is -0.804. The van der Waals surface area contributed by atoms with Crippen molar-refractivity contribution in [3.05, 3.63) is 111 Å². The molecule has 39 heavy (non-hydrogen) atoms. The van der Waals surface area contributed by atoms with Gasteiger partial charge in [0.25, 0.3) is 0 Å². The molecule has 196 valence electrons. The zero-order chi connectivity index (χ0) is 27.4. The summed E-state index contributed by atoms with van der Waals surface area (Å²) >= 11 is 6.35. The summed E-state index contributed by atoms with van der Waals surface area (Å²) < 4.78 is 5.70. The molecule has 0 saturated carbocycles. The van der Waals surface area contributed by atoms with Crippen molar-refractivity contribution >= 4 is 35.2 Å². The van der Waals surface area contributed by atoms with Gasteiger partial charge >= 0.3 is 12.0 Å². The number of ether oxygens (including phenoxy) is 1. The van der Waals surface area contributed by atoms with Crippen molar-refractivity contribution in [1.82, 2.24) is 10.6 Å².